The molecule has 1 aliphatic rings. The van der Waals surface area contributed by atoms with Crippen molar-refractivity contribution in [2.75, 3.05) is 26.7 Å². The van der Waals surface area contributed by atoms with Crippen molar-refractivity contribution in [1.29, 1.82) is 0 Å². The smallest absolute Gasteiger partial charge is 0.227 e. The molecule has 4 heteroatoms. The highest BCUT2D eigenvalue weighted by Gasteiger charge is 2.28. The molecular weight excluding hydrogens is 396 g/mol. The molecule has 0 N–H and O–H groups in total. The second-order valence-electron chi connectivity index (χ2n) is 9.17. The van der Waals surface area contributed by atoms with Crippen LogP contribution in [-0.2, 0) is 17.8 Å². The summed E-state index contributed by atoms with van der Waals surface area (Å²) in [6, 6.07) is 16.8. The van der Waals surface area contributed by atoms with Gasteiger partial charge in [-0.2, -0.15) is 0 Å². The first-order valence-corrected chi connectivity index (χ1v) is 12.3. The van der Waals surface area contributed by atoms with Crippen molar-refractivity contribution in [3.8, 4) is 5.75 Å². The minimum Gasteiger partial charge on any atom is -0.497 e. The summed E-state index contributed by atoms with van der Waals surface area (Å²) in [5.74, 6) is 1.04. The van der Waals surface area contributed by atoms with E-state index in [-0.39, 0.29) is 5.91 Å². The Morgan fingerprint density at radius 1 is 0.969 bits per heavy atom. The van der Waals surface area contributed by atoms with E-state index in [2.05, 4.69) is 47.9 Å². The van der Waals surface area contributed by atoms with Gasteiger partial charge < -0.3 is 14.5 Å². The highest BCUT2D eigenvalue weighted by Crippen LogP contribution is 2.22. The Bertz CT molecular complexity index is 808. The van der Waals surface area contributed by atoms with E-state index in [1.165, 1.54) is 43.4 Å². The standard InChI is InChI=1S/C28H40N2O2/c1-4-5-6-7-18-29-19-16-26(17-20-29)30(22-25-10-8-23(2)9-11-25)28(31)21-24-12-14-27(32-3)15-13-24/h8-15,26H,4-7,16-22H2,1-3H3. The molecule has 3 rings (SSSR count). The molecule has 0 aromatic heterocycles. The number of unbranched alkanes of at least 4 members (excludes halogenated alkanes) is 3. The molecule has 2 aromatic carbocycles. The number of aryl methyl sites for hydroxylation is 1. The van der Waals surface area contributed by atoms with Crippen molar-refractivity contribution < 1.29 is 9.53 Å². The van der Waals surface area contributed by atoms with E-state index in [0.29, 0.717) is 19.0 Å². The van der Waals surface area contributed by atoms with Crippen LogP contribution >= 0.6 is 0 Å². The van der Waals surface area contributed by atoms with Crippen molar-refractivity contribution in [3.63, 3.8) is 0 Å². The van der Waals surface area contributed by atoms with Crippen LogP contribution in [0, 0.1) is 6.92 Å². The number of amides is 1. The van der Waals surface area contributed by atoms with Gasteiger partial charge in [0.15, 0.2) is 0 Å². The number of piperidine rings is 1. The van der Waals surface area contributed by atoms with Gasteiger partial charge in [-0.1, -0.05) is 68.1 Å². The molecule has 4 nitrogen and oxygen atoms in total. The fourth-order valence-corrected chi connectivity index (χ4v) is 4.55. The van der Waals surface area contributed by atoms with Crippen molar-refractivity contribution in [2.45, 2.75) is 71.4 Å². The number of carbonyl (C=O) groups excluding carboxylic acids is 1. The molecule has 0 aliphatic carbocycles. The maximum absolute atomic E-state index is 13.4. The Labute approximate surface area is 194 Å². The number of likely N-dealkylation sites (tertiary alicyclic amines) is 1. The number of ether oxygens (including phenoxy) is 1. The van der Waals surface area contributed by atoms with Crippen LogP contribution < -0.4 is 4.74 Å². The molecule has 1 heterocycles. The number of benzene rings is 2. The quantitative estimate of drug-likeness (QED) is 0.429. The van der Waals surface area contributed by atoms with Gasteiger partial charge in [0.25, 0.3) is 0 Å². The van der Waals surface area contributed by atoms with Crippen LogP contribution in [0.5, 0.6) is 5.75 Å². The molecule has 0 radical (unpaired) electrons. The topological polar surface area (TPSA) is 32.8 Å². The molecule has 2 aromatic rings. The van der Waals surface area contributed by atoms with Crippen LogP contribution in [0.4, 0.5) is 0 Å². The van der Waals surface area contributed by atoms with Gasteiger partial charge in [0.1, 0.15) is 5.75 Å². The van der Waals surface area contributed by atoms with E-state index in [9.17, 15) is 4.79 Å². The normalized spacial score (nSPS) is 15.0. The molecule has 1 aliphatic heterocycles. The van der Waals surface area contributed by atoms with Crippen molar-refractivity contribution >= 4 is 5.91 Å². The molecule has 1 saturated heterocycles. The molecule has 32 heavy (non-hydrogen) atoms. The average molecular weight is 437 g/mol. The van der Waals surface area contributed by atoms with Gasteiger partial charge in [-0.3, -0.25) is 4.79 Å². The lowest BCUT2D eigenvalue weighted by Crippen LogP contribution is -2.47. The molecule has 174 valence electrons. The van der Waals surface area contributed by atoms with Gasteiger partial charge in [0, 0.05) is 25.7 Å². The third-order valence-electron chi connectivity index (χ3n) is 6.63. The predicted octanol–water partition coefficient (Wildman–Crippen LogP) is 5.62. The van der Waals surface area contributed by atoms with E-state index in [4.69, 9.17) is 4.74 Å². The molecular formula is C28H40N2O2. The highest BCUT2D eigenvalue weighted by atomic mass is 16.5. The highest BCUT2D eigenvalue weighted by molar-refractivity contribution is 5.79. The first-order chi connectivity index (χ1) is 15.6. The fraction of sp³-hybridized carbons (Fsp3) is 0.536. The second kappa shape index (κ2) is 12.6. The van der Waals surface area contributed by atoms with Crippen molar-refractivity contribution in [2.24, 2.45) is 0 Å². The Morgan fingerprint density at radius 2 is 1.62 bits per heavy atom. The fourth-order valence-electron chi connectivity index (χ4n) is 4.55. The van der Waals surface area contributed by atoms with E-state index >= 15 is 0 Å². The van der Waals surface area contributed by atoms with Crippen LogP contribution in [0.25, 0.3) is 0 Å². The Hall–Kier alpha value is -2.33. The maximum atomic E-state index is 13.4. The third-order valence-corrected chi connectivity index (χ3v) is 6.63. The Balaban J connectivity index is 1.64. The van der Waals surface area contributed by atoms with Crippen molar-refractivity contribution in [1.82, 2.24) is 9.80 Å². The second-order valence-corrected chi connectivity index (χ2v) is 9.17. The summed E-state index contributed by atoms with van der Waals surface area (Å²) >= 11 is 0. The number of hydrogen-bond acceptors (Lipinski definition) is 3. The predicted molar refractivity (Wildman–Crippen MR) is 132 cm³/mol. The largest absolute Gasteiger partial charge is 0.497 e. The van der Waals surface area contributed by atoms with E-state index in [0.717, 1.165) is 37.2 Å². The third kappa shape index (κ3) is 7.37. The molecule has 1 fully saturated rings. The zero-order chi connectivity index (χ0) is 22.8. The Morgan fingerprint density at radius 3 is 2.25 bits per heavy atom. The van der Waals surface area contributed by atoms with E-state index in [1.807, 2.05) is 24.3 Å². The molecule has 0 atom stereocenters. The summed E-state index contributed by atoms with van der Waals surface area (Å²) in [5, 5.41) is 0. The van der Waals surface area contributed by atoms with Gasteiger partial charge in [-0.15, -0.1) is 0 Å². The number of rotatable bonds is 11. The minimum absolute atomic E-state index is 0.220. The zero-order valence-corrected chi connectivity index (χ0v) is 20.2. The first-order valence-electron chi connectivity index (χ1n) is 12.3. The van der Waals surface area contributed by atoms with Crippen molar-refractivity contribution in [3.05, 3.63) is 65.2 Å². The number of hydrogen-bond donors (Lipinski definition) is 0. The molecule has 1 amide bonds. The summed E-state index contributed by atoms with van der Waals surface area (Å²) in [5.41, 5.74) is 3.50. The first kappa shape index (κ1) is 24.3. The number of nitrogens with zero attached hydrogens (tertiary/aromatic N) is 2. The zero-order valence-electron chi connectivity index (χ0n) is 20.2. The lowest BCUT2D eigenvalue weighted by Gasteiger charge is -2.39. The summed E-state index contributed by atoms with van der Waals surface area (Å²) in [6.07, 6.45) is 7.81. The Kier molecular flexibility index (Phi) is 9.61. The molecule has 0 spiro atoms. The van der Waals surface area contributed by atoms with Crippen LogP contribution in [0.15, 0.2) is 48.5 Å². The van der Waals surface area contributed by atoms with Gasteiger partial charge in [0.05, 0.1) is 13.5 Å². The van der Waals surface area contributed by atoms with Crippen LogP contribution in [0.1, 0.15) is 62.1 Å². The molecule has 0 bridgehead atoms. The summed E-state index contributed by atoms with van der Waals surface area (Å²) in [6.45, 7) is 8.44. The van der Waals surface area contributed by atoms with Gasteiger partial charge >= 0.3 is 0 Å². The minimum atomic E-state index is 0.220. The molecule has 0 unspecified atom stereocenters. The van der Waals surface area contributed by atoms with Crippen LogP contribution in [0.3, 0.4) is 0 Å². The van der Waals surface area contributed by atoms with Crippen LogP contribution in [-0.4, -0.2) is 48.5 Å². The lowest BCUT2D eigenvalue weighted by molar-refractivity contribution is -0.134. The summed E-state index contributed by atoms with van der Waals surface area (Å²) in [7, 11) is 1.67. The van der Waals surface area contributed by atoms with Gasteiger partial charge in [0.2, 0.25) is 5.91 Å². The van der Waals surface area contributed by atoms with E-state index < -0.39 is 0 Å². The number of methoxy groups -OCH3 is 1. The summed E-state index contributed by atoms with van der Waals surface area (Å²) < 4.78 is 5.26. The van der Waals surface area contributed by atoms with Crippen LogP contribution in [0.2, 0.25) is 0 Å². The SMILES string of the molecule is CCCCCCN1CCC(N(Cc2ccc(C)cc2)C(=O)Cc2ccc(OC)cc2)CC1. The summed E-state index contributed by atoms with van der Waals surface area (Å²) in [4.78, 5) is 18.2. The maximum Gasteiger partial charge on any atom is 0.227 e. The van der Waals surface area contributed by atoms with Gasteiger partial charge in [-0.25, -0.2) is 0 Å². The van der Waals surface area contributed by atoms with Gasteiger partial charge in [-0.05, 0) is 56.0 Å². The number of carbonyl (C=O) groups is 1. The monoisotopic (exact) mass is 436 g/mol. The average Bonchev–Trinajstić information content (AvgIpc) is 2.82. The lowest BCUT2D eigenvalue weighted by atomic mass is 10.00. The van der Waals surface area contributed by atoms with E-state index in [1.54, 1.807) is 7.11 Å². The molecule has 0 saturated carbocycles.